The van der Waals surface area contributed by atoms with Crippen LogP contribution in [-0.2, 0) is 6.54 Å². The Morgan fingerprint density at radius 1 is 1.67 bits per heavy atom. The highest BCUT2D eigenvalue weighted by molar-refractivity contribution is 5.74. The van der Waals surface area contributed by atoms with Gasteiger partial charge in [0.15, 0.2) is 6.29 Å². The summed E-state index contributed by atoms with van der Waals surface area (Å²) in [5.74, 6) is 0.366. The molecule has 0 unspecified atom stereocenters. The van der Waals surface area contributed by atoms with Gasteiger partial charge in [-0.1, -0.05) is 13.8 Å². The summed E-state index contributed by atoms with van der Waals surface area (Å²) in [5, 5.41) is 4.11. The summed E-state index contributed by atoms with van der Waals surface area (Å²) in [4.78, 5) is 10.7. The first-order valence-electron chi connectivity index (χ1n) is 4.21. The van der Waals surface area contributed by atoms with Crippen molar-refractivity contribution < 1.29 is 4.79 Å². The highest BCUT2D eigenvalue weighted by Gasteiger charge is 2.10. The van der Waals surface area contributed by atoms with Gasteiger partial charge in [0.05, 0.1) is 6.20 Å². The van der Waals surface area contributed by atoms with Gasteiger partial charge < -0.3 is 0 Å². The molecule has 66 valence electrons. The summed E-state index contributed by atoms with van der Waals surface area (Å²) in [6, 6.07) is 0. The zero-order chi connectivity index (χ0) is 9.14. The second-order valence-electron chi connectivity index (χ2n) is 3.07. The summed E-state index contributed by atoms with van der Waals surface area (Å²) < 4.78 is 1.72. The molecule has 0 atom stereocenters. The third-order valence-electron chi connectivity index (χ3n) is 1.94. The molecule has 12 heavy (non-hydrogen) atoms. The Hall–Kier alpha value is -1.12. The molecule has 0 bridgehead atoms. The topological polar surface area (TPSA) is 34.9 Å². The monoisotopic (exact) mass is 166 g/mol. The van der Waals surface area contributed by atoms with E-state index in [1.54, 1.807) is 10.9 Å². The molecule has 0 fully saturated rings. The van der Waals surface area contributed by atoms with E-state index in [4.69, 9.17) is 0 Å². The minimum atomic E-state index is 0.366. The molecule has 0 saturated carbocycles. The molecule has 1 rings (SSSR count). The van der Waals surface area contributed by atoms with Crippen LogP contribution in [0.3, 0.4) is 0 Å². The molecule has 0 N–H and O–H groups in total. The molecular weight excluding hydrogens is 152 g/mol. The fourth-order valence-electron chi connectivity index (χ4n) is 1.23. The van der Waals surface area contributed by atoms with Gasteiger partial charge in [-0.25, -0.2) is 0 Å². The lowest BCUT2D eigenvalue weighted by molar-refractivity contribution is 0.111. The molecule has 0 aliphatic carbocycles. The molecule has 0 saturated heterocycles. The highest BCUT2D eigenvalue weighted by atomic mass is 16.1. The maximum Gasteiger partial charge on any atom is 0.168 e. The van der Waals surface area contributed by atoms with Gasteiger partial charge >= 0.3 is 0 Å². The second kappa shape index (κ2) is 3.52. The molecule has 0 aliphatic heterocycles. The van der Waals surface area contributed by atoms with Crippen LogP contribution in [0.1, 0.15) is 42.7 Å². The lowest BCUT2D eigenvalue weighted by Crippen LogP contribution is -2.03. The minimum absolute atomic E-state index is 0.366. The van der Waals surface area contributed by atoms with Crippen LogP contribution < -0.4 is 0 Å². The Kier molecular flexibility index (Phi) is 2.63. The summed E-state index contributed by atoms with van der Waals surface area (Å²) in [7, 11) is 0. The first kappa shape index (κ1) is 8.97. The van der Waals surface area contributed by atoms with Crippen LogP contribution in [0.4, 0.5) is 0 Å². The second-order valence-corrected chi connectivity index (χ2v) is 3.07. The minimum Gasteiger partial charge on any atom is -0.296 e. The number of hydrogen-bond donors (Lipinski definition) is 0. The zero-order valence-electron chi connectivity index (χ0n) is 7.74. The van der Waals surface area contributed by atoms with Gasteiger partial charge in [-0.05, 0) is 12.8 Å². The van der Waals surface area contributed by atoms with E-state index in [1.807, 2.05) is 6.92 Å². The van der Waals surface area contributed by atoms with Crippen molar-refractivity contribution in [2.75, 3.05) is 0 Å². The molecule has 1 aromatic heterocycles. The van der Waals surface area contributed by atoms with Crippen molar-refractivity contribution in [2.24, 2.45) is 0 Å². The molecule has 0 aliphatic rings. The number of aromatic nitrogens is 2. The zero-order valence-corrected chi connectivity index (χ0v) is 7.74. The lowest BCUT2D eigenvalue weighted by atomic mass is 10.1. The summed E-state index contributed by atoms with van der Waals surface area (Å²) >= 11 is 0. The van der Waals surface area contributed by atoms with Crippen molar-refractivity contribution in [1.82, 2.24) is 9.78 Å². The molecule has 3 heteroatoms. The van der Waals surface area contributed by atoms with Gasteiger partial charge in [-0.3, -0.25) is 9.48 Å². The van der Waals surface area contributed by atoms with Crippen LogP contribution in [0.25, 0.3) is 0 Å². The normalized spacial score (nSPS) is 10.7. The average molecular weight is 166 g/mol. The van der Waals surface area contributed by atoms with Gasteiger partial charge in [-0.15, -0.1) is 0 Å². The van der Waals surface area contributed by atoms with Crippen molar-refractivity contribution in [3.63, 3.8) is 0 Å². The molecule has 1 heterocycles. The third kappa shape index (κ3) is 1.40. The molecule has 0 amide bonds. The van der Waals surface area contributed by atoms with Gasteiger partial charge in [0, 0.05) is 12.1 Å². The molecule has 0 radical (unpaired) electrons. The van der Waals surface area contributed by atoms with Crippen LogP contribution in [-0.4, -0.2) is 16.1 Å². The molecule has 1 aromatic rings. The number of nitrogens with zero attached hydrogens (tertiary/aromatic N) is 2. The van der Waals surface area contributed by atoms with Crippen LogP contribution in [0.5, 0.6) is 0 Å². The first-order valence-corrected chi connectivity index (χ1v) is 4.21. The quantitative estimate of drug-likeness (QED) is 0.642. The number of carbonyl (C=O) groups excluding carboxylic acids is 1. The molecule has 0 spiro atoms. The smallest absolute Gasteiger partial charge is 0.168 e. The average Bonchev–Trinajstić information content (AvgIpc) is 2.46. The van der Waals surface area contributed by atoms with E-state index >= 15 is 0 Å². The predicted octanol–water partition coefficient (Wildman–Crippen LogP) is 1.84. The van der Waals surface area contributed by atoms with Crippen LogP contribution in [0.2, 0.25) is 0 Å². The van der Waals surface area contributed by atoms with E-state index in [9.17, 15) is 4.79 Å². The van der Waals surface area contributed by atoms with E-state index in [-0.39, 0.29) is 0 Å². The lowest BCUT2D eigenvalue weighted by Gasteiger charge is -2.03. The van der Waals surface area contributed by atoms with Crippen molar-refractivity contribution in [3.8, 4) is 0 Å². The van der Waals surface area contributed by atoms with E-state index in [0.29, 0.717) is 11.6 Å². The molecule has 0 aromatic carbocycles. The number of carbonyl (C=O) groups is 1. The first-order chi connectivity index (χ1) is 5.70. The number of rotatable bonds is 3. The Morgan fingerprint density at radius 3 is 2.75 bits per heavy atom. The Labute approximate surface area is 72.4 Å². The number of hydrogen-bond acceptors (Lipinski definition) is 2. The Bertz CT molecular complexity index is 276. The van der Waals surface area contributed by atoms with Gasteiger partial charge in [-0.2, -0.15) is 5.10 Å². The van der Waals surface area contributed by atoms with E-state index in [2.05, 4.69) is 18.9 Å². The fraction of sp³-hybridized carbons (Fsp3) is 0.556. The van der Waals surface area contributed by atoms with Gasteiger partial charge in [0.1, 0.15) is 5.69 Å². The van der Waals surface area contributed by atoms with Crippen molar-refractivity contribution in [3.05, 3.63) is 17.5 Å². The van der Waals surface area contributed by atoms with Crippen LogP contribution in [0, 0.1) is 0 Å². The van der Waals surface area contributed by atoms with Crippen molar-refractivity contribution in [2.45, 2.75) is 33.2 Å². The largest absolute Gasteiger partial charge is 0.296 e. The highest BCUT2D eigenvalue weighted by Crippen LogP contribution is 2.17. The van der Waals surface area contributed by atoms with E-state index in [1.165, 1.54) is 0 Å². The third-order valence-corrected chi connectivity index (χ3v) is 1.94. The van der Waals surface area contributed by atoms with E-state index in [0.717, 1.165) is 18.4 Å². The number of aldehydes is 1. The molecular formula is C9H14N2O. The standard InChI is InChI=1S/C9H14N2O/c1-4-11-9(6-12)8(5-10-11)7(2)3/h5-7H,4H2,1-3H3. The predicted molar refractivity (Wildman–Crippen MR) is 47.4 cm³/mol. The van der Waals surface area contributed by atoms with Crippen LogP contribution in [0.15, 0.2) is 6.20 Å². The van der Waals surface area contributed by atoms with Gasteiger partial charge in [0.2, 0.25) is 0 Å². The number of aryl methyl sites for hydroxylation is 1. The summed E-state index contributed by atoms with van der Waals surface area (Å²) in [6.07, 6.45) is 2.66. The summed E-state index contributed by atoms with van der Waals surface area (Å²) in [6.45, 7) is 6.85. The van der Waals surface area contributed by atoms with Crippen LogP contribution >= 0.6 is 0 Å². The molecule has 3 nitrogen and oxygen atoms in total. The van der Waals surface area contributed by atoms with Gasteiger partial charge in [0.25, 0.3) is 0 Å². The fourth-order valence-corrected chi connectivity index (χ4v) is 1.23. The Balaban J connectivity index is 3.13. The van der Waals surface area contributed by atoms with Crippen molar-refractivity contribution >= 4 is 6.29 Å². The maximum absolute atomic E-state index is 10.7. The van der Waals surface area contributed by atoms with Crippen molar-refractivity contribution in [1.29, 1.82) is 0 Å². The maximum atomic E-state index is 10.7. The summed E-state index contributed by atoms with van der Waals surface area (Å²) in [5.41, 5.74) is 1.75. The SMILES string of the molecule is CCn1ncc(C(C)C)c1C=O. The van der Waals surface area contributed by atoms with E-state index < -0.39 is 0 Å². The Morgan fingerprint density at radius 2 is 2.33 bits per heavy atom.